The molecule has 0 radical (unpaired) electrons. The van der Waals surface area contributed by atoms with Crippen LogP contribution in [0.25, 0.3) is 0 Å². The van der Waals surface area contributed by atoms with Gasteiger partial charge in [0.05, 0.1) is 5.69 Å². The fourth-order valence-electron chi connectivity index (χ4n) is 1.67. The van der Waals surface area contributed by atoms with Crippen LogP contribution < -0.4 is 10.0 Å². The minimum absolute atomic E-state index is 0.180. The lowest BCUT2D eigenvalue weighted by Crippen LogP contribution is -2.20. The van der Waals surface area contributed by atoms with E-state index in [0.717, 1.165) is 0 Å². The molecule has 1 heterocycles. The van der Waals surface area contributed by atoms with Crippen LogP contribution >= 0.6 is 11.6 Å². The lowest BCUT2D eigenvalue weighted by Gasteiger charge is -2.18. The van der Waals surface area contributed by atoms with E-state index in [2.05, 4.69) is 5.32 Å². The average Bonchev–Trinajstić information content (AvgIpc) is 2.30. The smallest absolute Gasteiger partial charge is 0.246 e. The van der Waals surface area contributed by atoms with Crippen LogP contribution in [0.2, 0.25) is 0 Å². The Balaban J connectivity index is 2.38. The van der Waals surface area contributed by atoms with Crippen molar-refractivity contribution in [3.63, 3.8) is 0 Å². The third kappa shape index (κ3) is 2.73. The number of hydrogen-bond donors (Lipinski definition) is 2. The van der Waals surface area contributed by atoms with E-state index in [-0.39, 0.29) is 11.6 Å². The topological polar surface area (TPSA) is 75.3 Å². The van der Waals surface area contributed by atoms with E-state index in [0.29, 0.717) is 24.1 Å². The highest BCUT2D eigenvalue weighted by molar-refractivity contribution is 7.93. The summed E-state index contributed by atoms with van der Waals surface area (Å²) in [5.41, 5.74) is 0.831. The van der Waals surface area contributed by atoms with Crippen LogP contribution in [-0.4, -0.2) is 19.5 Å². The highest BCUT2D eigenvalue weighted by Gasteiger charge is 2.19. The van der Waals surface area contributed by atoms with Gasteiger partial charge < -0.3 is 5.32 Å². The quantitative estimate of drug-likeness (QED) is 0.832. The highest BCUT2D eigenvalue weighted by Crippen LogP contribution is 2.29. The molecule has 0 aromatic heterocycles. The van der Waals surface area contributed by atoms with Gasteiger partial charge in [0.1, 0.15) is 11.0 Å². The Morgan fingerprint density at radius 1 is 1.39 bits per heavy atom. The molecule has 2 rings (SSSR count). The van der Waals surface area contributed by atoms with Gasteiger partial charge in [-0.25, -0.2) is 12.8 Å². The number of alkyl halides is 1. The summed E-state index contributed by atoms with van der Waals surface area (Å²) in [5.74, 6) is -0.876. The Hall–Kier alpha value is -1.34. The first-order valence-corrected chi connectivity index (χ1v) is 7.29. The number of halogens is 2. The zero-order valence-electron chi connectivity index (χ0n) is 9.16. The molecular formula is C10H10ClFN2O3S. The SMILES string of the molecule is O=C1CCc2cc(F)c(NS(=O)(=O)CCl)cc2N1. The first kappa shape index (κ1) is 13.1. The van der Waals surface area contributed by atoms with Gasteiger partial charge in [-0.15, -0.1) is 11.6 Å². The average molecular weight is 293 g/mol. The second-order valence-electron chi connectivity index (χ2n) is 3.86. The molecule has 2 N–H and O–H groups in total. The van der Waals surface area contributed by atoms with Crippen molar-refractivity contribution in [2.24, 2.45) is 0 Å². The van der Waals surface area contributed by atoms with E-state index in [1.807, 2.05) is 4.72 Å². The number of sulfonamides is 1. The van der Waals surface area contributed by atoms with Gasteiger partial charge in [0, 0.05) is 12.1 Å². The Bertz CT molecular complexity index is 603. The molecule has 8 heteroatoms. The van der Waals surface area contributed by atoms with Crippen LogP contribution in [0.3, 0.4) is 0 Å². The molecule has 0 spiro atoms. The summed E-state index contributed by atoms with van der Waals surface area (Å²) in [6.07, 6.45) is 0.722. The maximum Gasteiger partial charge on any atom is 0.246 e. The number of benzene rings is 1. The lowest BCUT2D eigenvalue weighted by atomic mass is 10.0. The van der Waals surface area contributed by atoms with Gasteiger partial charge in [0.2, 0.25) is 15.9 Å². The molecule has 0 saturated carbocycles. The second kappa shape index (κ2) is 4.74. The Morgan fingerprint density at radius 2 is 2.11 bits per heavy atom. The molecule has 1 aromatic carbocycles. The number of rotatable bonds is 3. The second-order valence-corrected chi connectivity index (χ2v) is 6.17. The van der Waals surface area contributed by atoms with E-state index in [1.54, 1.807) is 0 Å². The van der Waals surface area contributed by atoms with Crippen molar-refractivity contribution in [2.75, 3.05) is 15.3 Å². The number of hydrogen-bond acceptors (Lipinski definition) is 3. The maximum atomic E-state index is 13.7. The van der Waals surface area contributed by atoms with E-state index < -0.39 is 21.1 Å². The molecular weight excluding hydrogens is 283 g/mol. The van der Waals surface area contributed by atoms with Crippen LogP contribution in [-0.2, 0) is 21.2 Å². The number of carbonyl (C=O) groups is 1. The summed E-state index contributed by atoms with van der Waals surface area (Å²) in [6, 6.07) is 2.46. The third-order valence-electron chi connectivity index (χ3n) is 2.50. The maximum absolute atomic E-state index is 13.7. The van der Waals surface area contributed by atoms with Crippen LogP contribution in [0.4, 0.5) is 15.8 Å². The van der Waals surface area contributed by atoms with Crippen molar-refractivity contribution in [1.82, 2.24) is 0 Å². The fourth-order valence-corrected chi connectivity index (χ4v) is 2.38. The predicted octanol–water partition coefficient (Wildman–Crippen LogP) is 1.65. The molecule has 0 bridgehead atoms. The molecule has 1 aliphatic rings. The van der Waals surface area contributed by atoms with Gasteiger partial charge in [-0.3, -0.25) is 9.52 Å². The molecule has 0 fully saturated rings. The summed E-state index contributed by atoms with van der Waals surface area (Å²) in [5, 5.41) is 1.89. The van der Waals surface area contributed by atoms with Crippen molar-refractivity contribution < 1.29 is 17.6 Å². The normalized spacial score (nSPS) is 14.9. The van der Waals surface area contributed by atoms with Gasteiger partial charge >= 0.3 is 0 Å². The largest absolute Gasteiger partial charge is 0.326 e. The Morgan fingerprint density at radius 3 is 2.78 bits per heavy atom. The van der Waals surface area contributed by atoms with Crippen molar-refractivity contribution >= 4 is 38.9 Å². The minimum atomic E-state index is -3.77. The highest BCUT2D eigenvalue weighted by atomic mass is 35.5. The summed E-state index contributed by atoms with van der Waals surface area (Å²) in [4.78, 5) is 11.2. The van der Waals surface area contributed by atoms with Crippen molar-refractivity contribution in [2.45, 2.75) is 12.8 Å². The minimum Gasteiger partial charge on any atom is -0.326 e. The molecule has 0 unspecified atom stereocenters. The Kier molecular flexibility index (Phi) is 3.45. The molecule has 0 saturated heterocycles. The Labute approximate surface area is 108 Å². The number of anilines is 2. The molecule has 0 atom stereocenters. The number of carbonyl (C=O) groups excluding carboxylic acids is 1. The number of fused-ring (bicyclic) bond motifs is 1. The lowest BCUT2D eigenvalue weighted by molar-refractivity contribution is -0.116. The van der Waals surface area contributed by atoms with E-state index >= 15 is 0 Å². The van der Waals surface area contributed by atoms with Gasteiger partial charge in [-0.05, 0) is 24.1 Å². The summed E-state index contributed by atoms with van der Waals surface area (Å²) < 4.78 is 38.2. The van der Waals surface area contributed by atoms with Gasteiger partial charge in [-0.2, -0.15) is 0 Å². The zero-order chi connectivity index (χ0) is 13.3. The van der Waals surface area contributed by atoms with Crippen LogP contribution in [0.5, 0.6) is 0 Å². The fraction of sp³-hybridized carbons (Fsp3) is 0.300. The van der Waals surface area contributed by atoms with Crippen molar-refractivity contribution in [1.29, 1.82) is 0 Å². The van der Waals surface area contributed by atoms with E-state index in [4.69, 9.17) is 11.6 Å². The molecule has 1 aromatic rings. The summed E-state index contributed by atoms with van der Waals surface area (Å²) in [7, 11) is -3.77. The molecule has 18 heavy (non-hydrogen) atoms. The first-order chi connectivity index (χ1) is 8.41. The first-order valence-electron chi connectivity index (χ1n) is 5.10. The molecule has 98 valence electrons. The summed E-state index contributed by atoms with van der Waals surface area (Å²) >= 11 is 5.22. The monoisotopic (exact) mass is 292 g/mol. The van der Waals surface area contributed by atoms with E-state index in [1.165, 1.54) is 12.1 Å². The molecule has 1 aliphatic heterocycles. The van der Waals surface area contributed by atoms with Gasteiger partial charge in [0.15, 0.2) is 0 Å². The van der Waals surface area contributed by atoms with E-state index in [9.17, 15) is 17.6 Å². The zero-order valence-corrected chi connectivity index (χ0v) is 10.7. The van der Waals surface area contributed by atoms with Gasteiger partial charge in [0.25, 0.3) is 0 Å². The third-order valence-corrected chi connectivity index (χ3v) is 4.18. The molecule has 1 amide bonds. The number of amides is 1. The van der Waals surface area contributed by atoms with Crippen LogP contribution in [0.1, 0.15) is 12.0 Å². The summed E-state index contributed by atoms with van der Waals surface area (Å²) in [6.45, 7) is 0. The predicted molar refractivity (Wildman–Crippen MR) is 66.6 cm³/mol. The van der Waals surface area contributed by atoms with Crippen LogP contribution in [0, 0.1) is 5.82 Å². The molecule has 5 nitrogen and oxygen atoms in total. The van der Waals surface area contributed by atoms with Crippen LogP contribution in [0.15, 0.2) is 12.1 Å². The number of aryl methyl sites for hydroxylation is 1. The van der Waals surface area contributed by atoms with Crippen molar-refractivity contribution in [3.05, 3.63) is 23.5 Å². The van der Waals surface area contributed by atoms with Gasteiger partial charge in [-0.1, -0.05) is 0 Å². The standard InChI is InChI=1S/C10H10ClFN2O3S/c11-5-18(16,17)14-9-4-8-6(3-7(9)12)1-2-10(15)13-8/h3-4,14H,1-2,5H2,(H,13,15). The van der Waals surface area contributed by atoms with Crippen molar-refractivity contribution in [3.8, 4) is 0 Å². The molecule has 0 aliphatic carbocycles. The number of nitrogens with one attached hydrogen (secondary N) is 2.